The van der Waals surface area contributed by atoms with Gasteiger partial charge >= 0.3 is 0 Å². The SMILES string of the molecule is CCC(C)NC(=O)CCNCc1ccc(OC)cc1F. The van der Waals surface area contributed by atoms with Gasteiger partial charge in [0.2, 0.25) is 5.91 Å². The molecule has 0 heterocycles. The van der Waals surface area contributed by atoms with Gasteiger partial charge in [-0.3, -0.25) is 4.79 Å². The number of methoxy groups -OCH3 is 1. The second-order valence-electron chi connectivity index (χ2n) is 4.76. The smallest absolute Gasteiger partial charge is 0.221 e. The highest BCUT2D eigenvalue weighted by molar-refractivity contribution is 5.76. The maximum Gasteiger partial charge on any atom is 0.221 e. The second-order valence-corrected chi connectivity index (χ2v) is 4.76. The number of amides is 1. The van der Waals surface area contributed by atoms with Gasteiger partial charge in [0.05, 0.1) is 7.11 Å². The van der Waals surface area contributed by atoms with E-state index in [2.05, 4.69) is 10.6 Å². The Morgan fingerprint density at radius 3 is 2.80 bits per heavy atom. The fourth-order valence-corrected chi connectivity index (χ4v) is 1.67. The van der Waals surface area contributed by atoms with Crippen molar-refractivity contribution in [1.82, 2.24) is 10.6 Å². The summed E-state index contributed by atoms with van der Waals surface area (Å²) in [6, 6.07) is 4.95. The van der Waals surface area contributed by atoms with Crippen LogP contribution in [0.1, 0.15) is 32.3 Å². The molecule has 1 unspecified atom stereocenters. The molecule has 0 saturated carbocycles. The van der Waals surface area contributed by atoms with E-state index >= 15 is 0 Å². The van der Waals surface area contributed by atoms with Gasteiger partial charge in [-0.25, -0.2) is 4.39 Å². The van der Waals surface area contributed by atoms with Gasteiger partial charge in [0.15, 0.2) is 0 Å². The number of ether oxygens (including phenoxy) is 1. The van der Waals surface area contributed by atoms with Crippen molar-refractivity contribution in [1.29, 1.82) is 0 Å². The predicted molar refractivity (Wildman–Crippen MR) is 77.2 cm³/mol. The summed E-state index contributed by atoms with van der Waals surface area (Å²) in [6.45, 7) is 4.91. The first kappa shape index (κ1) is 16.4. The fraction of sp³-hybridized carbons (Fsp3) is 0.533. The van der Waals surface area contributed by atoms with Crippen LogP contribution in [-0.4, -0.2) is 25.6 Å². The van der Waals surface area contributed by atoms with E-state index in [1.807, 2.05) is 13.8 Å². The average Bonchev–Trinajstić information content (AvgIpc) is 2.44. The van der Waals surface area contributed by atoms with Crippen molar-refractivity contribution < 1.29 is 13.9 Å². The van der Waals surface area contributed by atoms with Crippen LogP contribution in [0.4, 0.5) is 4.39 Å². The molecule has 1 aromatic carbocycles. The molecule has 0 aliphatic heterocycles. The Balaban J connectivity index is 2.29. The molecule has 0 bridgehead atoms. The molecule has 0 aliphatic rings. The van der Waals surface area contributed by atoms with Crippen molar-refractivity contribution in [2.75, 3.05) is 13.7 Å². The summed E-state index contributed by atoms with van der Waals surface area (Å²) >= 11 is 0. The van der Waals surface area contributed by atoms with E-state index in [0.717, 1.165) is 6.42 Å². The fourth-order valence-electron chi connectivity index (χ4n) is 1.67. The summed E-state index contributed by atoms with van der Waals surface area (Å²) in [6.07, 6.45) is 1.30. The van der Waals surface area contributed by atoms with E-state index in [4.69, 9.17) is 4.74 Å². The van der Waals surface area contributed by atoms with Crippen LogP contribution < -0.4 is 15.4 Å². The molecule has 0 aromatic heterocycles. The summed E-state index contributed by atoms with van der Waals surface area (Å²) in [5, 5.41) is 5.95. The lowest BCUT2D eigenvalue weighted by molar-refractivity contribution is -0.121. The van der Waals surface area contributed by atoms with Gasteiger partial charge in [0.1, 0.15) is 11.6 Å². The van der Waals surface area contributed by atoms with Gasteiger partial charge in [-0.2, -0.15) is 0 Å². The molecular formula is C15H23FN2O2. The summed E-state index contributed by atoms with van der Waals surface area (Å²) in [5.74, 6) is 0.210. The van der Waals surface area contributed by atoms with Crippen LogP contribution in [0, 0.1) is 5.82 Å². The standard InChI is InChI=1S/C15H23FN2O2/c1-4-11(2)18-15(19)7-8-17-10-12-5-6-13(20-3)9-14(12)16/h5-6,9,11,17H,4,7-8,10H2,1-3H3,(H,18,19). The molecule has 1 aromatic rings. The molecule has 0 spiro atoms. The zero-order valence-corrected chi connectivity index (χ0v) is 12.3. The van der Waals surface area contributed by atoms with Crippen molar-refractivity contribution in [3.05, 3.63) is 29.6 Å². The minimum atomic E-state index is -0.305. The highest BCUT2D eigenvalue weighted by atomic mass is 19.1. The normalized spacial score (nSPS) is 12.0. The molecule has 4 nitrogen and oxygen atoms in total. The predicted octanol–water partition coefficient (Wildman–Crippen LogP) is 2.23. The van der Waals surface area contributed by atoms with Crippen LogP contribution in [0.25, 0.3) is 0 Å². The Morgan fingerprint density at radius 1 is 1.45 bits per heavy atom. The largest absolute Gasteiger partial charge is 0.497 e. The lowest BCUT2D eigenvalue weighted by Crippen LogP contribution is -2.33. The first-order valence-corrected chi connectivity index (χ1v) is 6.89. The average molecular weight is 282 g/mol. The Bertz CT molecular complexity index is 438. The molecule has 0 aliphatic carbocycles. The Kier molecular flexibility index (Phi) is 7.01. The van der Waals surface area contributed by atoms with E-state index in [1.165, 1.54) is 13.2 Å². The van der Waals surface area contributed by atoms with Crippen molar-refractivity contribution in [3.8, 4) is 5.75 Å². The number of hydrogen-bond acceptors (Lipinski definition) is 3. The second kappa shape index (κ2) is 8.53. The number of benzene rings is 1. The number of carbonyl (C=O) groups is 1. The van der Waals surface area contributed by atoms with Crippen LogP contribution in [0.15, 0.2) is 18.2 Å². The molecule has 5 heteroatoms. The van der Waals surface area contributed by atoms with Crippen molar-refractivity contribution in [2.45, 2.75) is 39.3 Å². The van der Waals surface area contributed by atoms with E-state index in [-0.39, 0.29) is 17.8 Å². The van der Waals surface area contributed by atoms with Crippen LogP contribution in [0.2, 0.25) is 0 Å². The van der Waals surface area contributed by atoms with Gasteiger partial charge in [0.25, 0.3) is 0 Å². The quantitative estimate of drug-likeness (QED) is 0.719. The minimum absolute atomic E-state index is 0.0158. The molecule has 1 atom stereocenters. The molecule has 0 radical (unpaired) electrons. The highest BCUT2D eigenvalue weighted by Crippen LogP contribution is 2.15. The maximum atomic E-state index is 13.6. The van der Waals surface area contributed by atoms with Crippen molar-refractivity contribution >= 4 is 5.91 Å². The first-order valence-electron chi connectivity index (χ1n) is 6.89. The van der Waals surface area contributed by atoms with Crippen LogP contribution in [0.5, 0.6) is 5.75 Å². The van der Waals surface area contributed by atoms with Gasteiger partial charge < -0.3 is 15.4 Å². The summed E-state index contributed by atoms with van der Waals surface area (Å²) in [7, 11) is 1.50. The van der Waals surface area contributed by atoms with Gasteiger partial charge in [-0.15, -0.1) is 0 Å². The third kappa shape index (κ3) is 5.57. The number of carbonyl (C=O) groups excluding carboxylic acids is 1. The van der Waals surface area contributed by atoms with Crippen LogP contribution in [0.3, 0.4) is 0 Å². The zero-order valence-electron chi connectivity index (χ0n) is 12.3. The Hall–Kier alpha value is -1.62. The van der Waals surface area contributed by atoms with E-state index < -0.39 is 0 Å². The topological polar surface area (TPSA) is 50.4 Å². The molecule has 112 valence electrons. The monoisotopic (exact) mass is 282 g/mol. The Morgan fingerprint density at radius 2 is 2.20 bits per heavy atom. The van der Waals surface area contributed by atoms with Crippen LogP contribution >= 0.6 is 0 Å². The molecule has 1 amide bonds. The number of halogens is 1. The molecular weight excluding hydrogens is 259 g/mol. The summed E-state index contributed by atoms with van der Waals surface area (Å²) in [5.41, 5.74) is 0.563. The number of rotatable bonds is 8. The van der Waals surface area contributed by atoms with Gasteiger partial charge in [-0.05, 0) is 19.4 Å². The summed E-state index contributed by atoms with van der Waals surface area (Å²) in [4.78, 5) is 11.5. The molecule has 0 fully saturated rings. The third-order valence-electron chi connectivity index (χ3n) is 3.12. The zero-order chi connectivity index (χ0) is 15.0. The molecule has 2 N–H and O–H groups in total. The van der Waals surface area contributed by atoms with Crippen molar-refractivity contribution in [2.24, 2.45) is 0 Å². The number of nitrogens with one attached hydrogen (secondary N) is 2. The summed E-state index contributed by atoms with van der Waals surface area (Å²) < 4.78 is 18.6. The first-order chi connectivity index (χ1) is 9.56. The maximum absolute atomic E-state index is 13.6. The lowest BCUT2D eigenvalue weighted by atomic mass is 10.2. The highest BCUT2D eigenvalue weighted by Gasteiger charge is 2.06. The van der Waals surface area contributed by atoms with E-state index in [0.29, 0.717) is 30.8 Å². The number of hydrogen-bond donors (Lipinski definition) is 2. The van der Waals surface area contributed by atoms with Crippen molar-refractivity contribution in [3.63, 3.8) is 0 Å². The van der Waals surface area contributed by atoms with Crippen LogP contribution in [-0.2, 0) is 11.3 Å². The molecule has 20 heavy (non-hydrogen) atoms. The lowest BCUT2D eigenvalue weighted by Gasteiger charge is -2.11. The van der Waals surface area contributed by atoms with Gasteiger partial charge in [-0.1, -0.05) is 13.0 Å². The molecule has 1 rings (SSSR count). The Labute approximate surface area is 119 Å². The minimum Gasteiger partial charge on any atom is -0.497 e. The third-order valence-corrected chi connectivity index (χ3v) is 3.12. The molecule has 0 saturated heterocycles. The van der Waals surface area contributed by atoms with Gasteiger partial charge in [0, 0.05) is 37.2 Å². The van der Waals surface area contributed by atoms with E-state index in [1.54, 1.807) is 12.1 Å². The van der Waals surface area contributed by atoms with E-state index in [9.17, 15) is 9.18 Å².